The zero-order valence-corrected chi connectivity index (χ0v) is 11.2. The highest BCUT2D eigenvalue weighted by Crippen LogP contribution is 2.61. The lowest BCUT2D eigenvalue weighted by Crippen LogP contribution is -2.41. The molecule has 0 saturated heterocycles. The van der Waals surface area contributed by atoms with E-state index in [0.717, 1.165) is 12.3 Å². The van der Waals surface area contributed by atoms with Crippen LogP contribution >= 0.6 is 0 Å². The first kappa shape index (κ1) is 12.0. The Kier molecular flexibility index (Phi) is 2.48. The average Bonchev–Trinajstić information content (AvgIpc) is 2.74. The van der Waals surface area contributed by atoms with E-state index in [2.05, 4.69) is 5.32 Å². The number of alkyl carbamates (subject to hydrolysis) is 1. The Bertz CT molecular complexity index is 398. The normalized spacial score (nSPS) is 41.3. The lowest BCUT2D eigenvalue weighted by molar-refractivity contribution is -0.121. The van der Waals surface area contributed by atoms with Gasteiger partial charge in [0.1, 0.15) is 11.4 Å². The number of amides is 1. The van der Waals surface area contributed by atoms with Crippen LogP contribution in [0, 0.1) is 23.7 Å². The fourth-order valence-electron chi connectivity index (χ4n) is 3.81. The van der Waals surface area contributed by atoms with Crippen molar-refractivity contribution in [2.24, 2.45) is 23.7 Å². The second-order valence-corrected chi connectivity index (χ2v) is 7.01. The predicted octanol–water partition coefficient (Wildman–Crippen LogP) is 2.12. The van der Waals surface area contributed by atoms with Crippen LogP contribution in [0.1, 0.15) is 40.0 Å². The van der Waals surface area contributed by atoms with E-state index in [4.69, 9.17) is 4.74 Å². The number of fused-ring (bicyclic) bond motifs is 3. The molecule has 3 aliphatic carbocycles. The van der Waals surface area contributed by atoms with Crippen LogP contribution in [0.4, 0.5) is 4.79 Å². The minimum absolute atomic E-state index is 0.00477. The fraction of sp³-hybridized carbons (Fsp3) is 0.857. The van der Waals surface area contributed by atoms with Gasteiger partial charge in [-0.1, -0.05) is 0 Å². The second-order valence-electron chi connectivity index (χ2n) is 7.01. The van der Waals surface area contributed by atoms with Gasteiger partial charge in [-0.2, -0.15) is 0 Å². The predicted molar refractivity (Wildman–Crippen MR) is 66.0 cm³/mol. The molecule has 0 radical (unpaired) electrons. The van der Waals surface area contributed by atoms with E-state index in [1.807, 2.05) is 20.8 Å². The molecule has 4 heteroatoms. The quantitative estimate of drug-likeness (QED) is 0.776. The molecule has 5 unspecified atom stereocenters. The van der Waals surface area contributed by atoms with Gasteiger partial charge in [-0.15, -0.1) is 0 Å². The Hall–Kier alpha value is -1.06. The third-order valence-corrected chi connectivity index (χ3v) is 4.49. The Labute approximate surface area is 107 Å². The fourth-order valence-corrected chi connectivity index (χ4v) is 3.81. The Morgan fingerprint density at radius 2 is 1.94 bits per heavy atom. The molecule has 4 nitrogen and oxygen atoms in total. The van der Waals surface area contributed by atoms with E-state index in [-0.39, 0.29) is 18.1 Å². The first-order valence-electron chi connectivity index (χ1n) is 6.87. The van der Waals surface area contributed by atoms with Crippen LogP contribution in [0.25, 0.3) is 0 Å². The maximum atomic E-state index is 12.0. The van der Waals surface area contributed by atoms with Gasteiger partial charge in [0.25, 0.3) is 0 Å². The lowest BCUT2D eigenvalue weighted by atomic mass is 9.92. The monoisotopic (exact) mass is 251 g/mol. The molecule has 100 valence electrons. The summed E-state index contributed by atoms with van der Waals surface area (Å²) in [7, 11) is 0. The van der Waals surface area contributed by atoms with E-state index in [1.165, 1.54) is 6.42 Å². The molecular weight excluding hydrogens is 230 g/mol. The Balaban J connectivity index is 1.61. The molecule has 3 fully saturated rings. The molecule has 5 atom stereocenters. The van der Waals surface area contributed by atoms with Crippen molar-refractivity contribution >= 4 is 11.9 Å². The maximum absolute atomic E-state index is 12.0. The van der Waals surface area contributed by atoms with Crippen molar-refractivity contribution in [3.05, 3.63) is 0 Å². The van der Waals surface area contributed by atoms with Crippen molar-refractivity contribution in [2.75, 3.05) is 0 Å². The number of carbonyl (C=O) groups excluding carboxylic acids is 2. The minimum Gasteiger partial charge on any atom is -0.444 e. The van der Waals surface area contributed by atoms with Gasteiger partial charge in [0, 0.05) is 18.4 Å². The van der Waals surface area contributed by atoms with Gasteiger partial charge in [0.15, 0.2) is 0 Å². The standard InChI is InChI=1S/C14H21NO3/c1-14(2,3)18-13(17)15-10-6-11(16)12-8-4-7(8)5-9(10)12/h7-10,12H,4-6H2,1-3H3,(H,15,17). The van der Waals surface area contributed by atoms with Gasteiger partial charge in [-0.25, -0.2) is 4.79 Å². The summed E-state index contributed by atoms with van der Waals surface area (Å²) in [6, 6.07) is 0.00477. The number of nitrogens with one attached hydrogen (secondary N) is 1. The van der Waals surface area contributed by atoms with E-state index in [1.54, 1.807) is 0 Å². The van der Waals surface area contributed by atoms with E-state index >= 15 is 0 Å². The van der Waals surface area contributed by atoms with Crippen LogP contribution in [0.3, 0.4) is 0 Å². The number of hydrogen-bond donors (Lipinski definition) is 1. The number of carbonyl (C=O) groups is 2. The smallest absolute Gasteiger partial charge is 0.407 e. The number of Topliss-reactive ketones (excluding diaryl/α,β-unsaturated/α-hetero) is 1. The van der Waals surface area contributed by atoms with Crippen molar-refractivity contribution in [3.63, 3.8) is 0 Å². The molecule has 0 bridgehead atoms. The van der Waals surface area contributed by atoms with Crippen LogP contribution in [0.5, 0.6) is 0 Å². The third-order valence-electron chi connectivity index (χ3n) is 4.49. The summed E-state index contributed by atoms with van der Waals surface area (Å²) in [6.45, 7) is 5.54. The van der Waals surface area contributed by atoms with Crippen LogP contribution in [-0.4, -0.2) is 23.5 Å². The molecule has 0 spiro atoms. The minimum atomic E-state index is -0.482. The van der Waals surface area contributed by atoms with Gasteiger partial charge in [-0.3, -0.25) is 4.79 Å². The number of ether oxygens (including phenoxy) is 1. The average molecular weight is 251 g/mol. The summed E-state index contributed by atoms with van der Waals surface area (Å²) in [6.07, 6.45) is 2.45. The topological polar surface area (TPSA) is 55.4 Å². The summed E-state index contributed by atoms with van der Waals surface area (Å²) < 4.78 is 5.26. The molecule has 0 aromatic rings. The van der Waals surface area contributed by atoms with E-state index in [0.29, 0.717) is 24.0 Å². The summed E-state index contributed by atoms with van der Waals surface area (Å²) in [5.41, 5.74) is -0.482. The zero-order valence-electron chi connectivity index (χ0n) is 11.2. The lowest BCUT2D eigenvalue weighted by Gasteiger charge is -2.24. The van der Waals surface area contributed by atoms with Crippen molar-refractivity contribution in [1.82, 2.24) is 5.32 Å². The molecule has 3 saturated carbocycles. The van der Waals surface area contributed by atoms with Crippen molar-refractivity contribution in [1.29, 1.82) is 0 Å². The Morgan fingerprint density at radius 3 is 2.61 bits per heavy atom. The van der Waals surface area contributed by atoms with E-state index in [9.17, 15) is 9.59 Å². The Morgan fingerprint density at radius 1 is 1.28 bits per heavy atom. The van der Waals surface area contributed by atoms with Crippen LogP contribution in [0.15, 0.2) is 0 Å². The van der Waals surface area contributed by atoms with Gasteiger partial charge < -0.3 is 10.1 Å². The first-order chi connectivity index (χ1) is 8.35. The third kappa shape index (κ3) is 2.02. The molecule has 0 heterocycles. The highest BCUT2D eigenvalue weighted by atomic mass is 16.6. The van der Waals surface area contributed by atoms with Crippen molar-refractivity contribution < 1.29 is 14.3 Å². The second kappa shape index (κ2) is 3.72. The molecule has 0 aromatic heterocycles. The summed E-state index contributed by atoms with van der Waals surface area (Å²) in [4.78, 5) is 23.7. The highest BCUT2D eigenvalue weighted by Gasteiger charge is 2.61. The largest absolute Gasteiger partial charge is 0.444 e. The number of rotatable bonds is 1. The molecule has 3 rings (SSSR count). The first-order valence-corrected chi connectivity index (χ1v) is 6.87. The summed E-state index contributed by atoms with van der Waals surface area (Å²) in [5, 5.41) is 2.90. The van der Waals surface area contributed by atoms with Gasteiger partial charge in [0.05, 0.1) is 0 Å². The molecular formula is C14H21NO3. The van der Waals surface area contributed by atoms with Crippen LogP contribution in [0.2, 0.25) is 0 Å². The van der Waals surface area contributed by atoms with Crippen molar-refractivity contribution in [2.45, 2.75) is 51.7 Å². The zero-order chi connectivity index (χ0) is 13.1. The molecule has 3 aliphatic rings. The van der Waals surface area contributed by atoms with Gasteiger partial charge in [0.2, 0.25) is 0 Å². The van der Waals surface area contributed by atoms with Crippen LogP contribution < -0.4 is 5.32 Å². The molecule has 1 amide bonds. The summed E-state index contributed by atoms with van der Waals surface area (Å²) >= 11 is 0. The van der Waals surface area contributed by atoms with Crippen LogP contribution in [-0.2, 0) is 9.53 Å². The molecule has 0 aliphatic heterocycles. The van der Waals surface area contributed by atoms with Gasteiger partial charge in [-0.05, 0) is 51.4 Å². The molecule has 1 N–H and O–H groups in total. The maximum Gasteiger partial charge on any atom is 0.407 e. The summed E-state index contributed by atoms with van der Waals surface area (Å²) in [5.74, 6) is 2.34. The number of ketones is 1. The van der Waals surface area contributed by atoms with Gasteiger partial charge >= 0.3 is 6.09 Å². The molecule has 18 heavy (non-hydrogen) atoms. The molecule has 0 aromatic carbocycles. The highest BCUT2D eigenvalue weighted by molar-refractivity contribution is 5.86. The van der Waals surface area contributed by atoms with Crippen molar-refractivity contribution in [3.8, 4) is 0 Å². The number of hydrogen-bond acceptors (Lipinski definition) is 3. The van der Waals surface area contributed by atoms with E-state index < -0.39 is 5.60 Å². The SMILES string of the molecule is CC(C)(C)OC(=O)NC1CC(=O)C2C3CC3CC12.